The zero-order chi connectivity index (χ0) is 29.1. The van der Waals surface area contributed by atoms with E-state index in [1.165, 1.54) is 28.5 Å². The number of rotatable bonds is 11. The van der Waals surface area contributed by atoms with Gasteiger partial charge in [-0.25, -0.2) is 0 Å². The van der Waals surface area contributed by atoms with Gasteiger partial charge in [-0.2, -0.15) is 0 Å². The molecule has 228 valence electrons. The standard InChI is InChI=1S/C21H40N4O12S2/c1-9(28)36-13(5-26)16(30)12(29)4-24-19(33)10-7-38-39-8-11(23-3-2-22-10)20(34)25-15-18(32)17(31)14(6-27)37-21(15)35/h9-18,21-23,26-32,35H,2-8H2,1H3,(H,24,33)(H,25,34)/t9?,10?,11-,12+,13+,14+,15?,16-,17+,18+,21?/m0/s1. The molecule has 0 aliphatic carbocycles. The maximum atomic E-state index is 12.8. The number of ether oxygens (including phenoxy) is 2. The molecule has 16 nitrogen and oxygen atoms in total. The van der Waals surface area contributed by atoms with Crippen molar-refractivity contribution in [2.24, 2.45) is 0 Å². The molecule has 11 atom stereocenters. The van der Waals surface area contributed by atoms with Crippen LogP contribution in [0.3, 0.4) is 0 Å². The van der Waals surface area contributed by atoms with E-state index >= 15 is 0 Å². The summed E-state index contributed by atoms with van der Waals surface area (Å²) in [6.45, 7) is 0.237. The highest BCUT2D eigenvalue weighted by Gasteiger charge is 2.44. The summed E-state index contributed by atoms with van der Waals surface area (Å²) in [5.74, 6) is -0.423. The number of aliphatic hydroxyl groups excluding tert-OH is 8. The second kappa shape index (κ2) is 17.2. The highest BCUT2D eigenvalue weighted by atomic mass is 33.1. The van der Waals surface area contributed by atoms with Crippen molar-refractivity contribution in [2.45, 2.75) is 74.3 Å². The number of hydrogen-bond acceptors (Lipinski definition) is 16. The third kappa shape index (κ3) is 10.5. The van der Waals surface area contributed by atoms with Crippen molar-refractivity contribution >= 4 is 33.4 Å². The maximum Gasteiger partial charge on any atom is 0.238 e. The number of nitrogens with one attached hydrogen (secondary N) is 4. The van der Waals surface area contributed by atoms with Crippen LogP contribution in [0.25, 0.3) is 0 Å². The topological polar surface area (TPSA) is 263 Å². The molecule has 0 spiro atoms. The van der Waals surface area contributed by atoms with Gasteiger partial charge in [-0.05, 0) is 6.92 Å². The second-order valence-electron chi connectivity index (χ2n) is 9.11. The fourth-order valence-electron chi connectivity index (χ4n) is 3.88. The highest BCUT2D eigenvalue weighted by molar-refractivity contribution is 8.76. The van der Waals surface area contributed by atoms with Crippen molar-refractivity contribution in [3.05, 3.63) is 0 Å². The predicted molar refractivity (Wildman–Crippen MR) is 139 cm³/mol. The molecule has 2 heterocycles. The van der Waals surface area contributed by atoms with Crippen LogP contribution in [0.5, 0.6) is 0 Å². The minimum Gasteiger partial charge on any atom is -0.394 e. The van der Waals surface area contributed by atoms with E-state index in [0.717, 1.165) is 0 Å². The first kappa shape index (κ1) is 34.4. The third-order valence-electron chi connectivity index (χ3n) is 6.11. The fraction of sp³-hybridized carbons (Fsp3) is 0.905. The molecule has 12 N–H and O–H groups in total. The van der Waals surface area contributed by atoms with E-state index in [2.05, 4.69) is 21.3 Å². The lowest BCUT2D eigenvalue weighted by molar-refractivity contribution is -0.253. The quantitative estimate of drug-likeness (QED) is 0.0773. The maximum absolute atomic E-state index is 12.8. The van der Waals surface area contributed by atoms with Crippen LogP contribution in [0.2, 0.25) is 0 Å². The second-order valence-corrected chi connectivity index (χ2v) is 11.7. The summed E-state index contributed by atoms with van der Waals surface area (Å²) < 4.78 is 9.99. The first-order chi connectivity index (χ1) is 18.5. The summed E-state index contributed by atoms with van der Waals surface area (Å²) in [6.07, 6.45) is -11.4. The molecule has 2 saturated heterocycles. The van der Waals surface area contributed by atoms with E-state index in [9.17, 15) is 50.4 Å². The van der Waals surface area contributed by atoms with Crippen molar-refractivity contribution in [3.8, 4) is 0 Å². The van der Waals surface area contributed by atoms with Crippen LogP contribution < -0.4 is 21.3 Å². The average molecular weight is 605 g/mol. The van der Waals surface area contributed by atoms with Crippen molar-refractivity contribution in [1.82, 2.24) is 21.3 Å². The van der Waals surface area contributed by atoms with Gasteiger partial charge in [0.15, 0.2) is 12.6 Å². The van der Waals surface area contributed by atoms with Gasteiger partial charge in [0, 0.05) is 31.1 Å². The molecule has 4 unspecified atom stereocenters. The smallest absolute Gasteiger partial charge is 0.238 e. The number of carbonyl (C=O) groups is 2. The van der Waals surface area contributed by atoms with Crippen LogP contribution in [-0.4, -0.2) is 164 Å². The van der Waals surface area contributed by atoms with Crippen LogP contribution in [0, 0.1) is 0 Å². The van der Waals surface area contributed by atoms with Crippen molar-refractivity contribution < 1.29 is 59.9 Å². The summed E-state index contributed by atoms with van der Waals surface area (Å²) in [7, 11) is 2.60. The average Bonchev–Trinajstić information content (AvgIpc) is 2.91. The fourth-order valence-corrected chi connectivity index (χ4v) is 6.28. The third-order valence-corrected chi connectivity index (χ3v) is 8.54. The molecule has 2 aliphatic heterocycles. The van der Waals surface area contributed by atoms with Gasteiger partial charge in [-0.3, -0.25) is 9.59 Å². The van der Waals surface area contributed by atoms with Gasteiger partial charge in [-0.1, -0.05) is 21.6 Å². The van der Waals surface area contributed by atoms with Gasteiger partial charge < -0.3 is 71.6 Å². The van der Waals surface area contributed by atoms with Crippen LogP contribution in [0.4, 0.5) is 0 Å². The molecule has 39 heavy (non-hydrogen) atoms. The largest absolute Gasteiger partial charge is 0.394 e. The lowest BCUT2D eigenvalue weighted by Crippen LogP contribution is -2.65. The van der Waals surface area contributed by atoms with Crippen LogP contribution >= 0.6 is 21.6 Å². The lowest BCUT2D eigenvalue weighted by Gasteiger charge is -2.40. The molecule has 2 rings (SSSR count). The summed E-state index contributed by atoms with van der Waals surface area (Å²) in [5, 5.41) is 89.4. The minimum absolute atomic E-state index is 0.267. The minimum atomic E-state index is -1.63. The van der Waals surface area contributed by atoms with Crippen LogP contribution in [0.15, 0.2) is 0 Å². The summed E-state index contributed by atoms with van der Waals surface area (Å²) in [6, 6.07) is -2.70. The van der Waals surface area contributed by atoms with Gasteiger partial charge in [-0.15, -0.1) is 0 Å². The van der Waals surface area contributed by atoms with E-state index in [0.29, 0.717) is 5.75 Å². The van der Waals surface area contributed by atoms with Gasteiger partial charge in [0.05, 0.1) is 31.4 Å². The molecule has 0 bridgehead atoms. The number of amides is 2. The lowest BCUT2D eigenvalue weighted by atomic mass is 9.97. The first-order valence-corrected chi connectivity index (χ1v) is 14.9. The molecule has 0 saturated carbocycles. The van der Waals surface area contributed by atoms with E-state index in [1.54, 1.807) is 0 Å². The van der Waals surface area contributed by atoms with E-state index in [4.69, 9.17) is 9.47 Å². The Labute approximate surface area is 233 Å². The Hall–Kier alpha value is -0.840. The van der Waals surface area contributed by atoms with E-state index < -0.39 is 92.4 Å². The zero-order valence-corrected chi connectivity index (χ0v) is 23.0. The Morgan fingerprint density at radius 1 is 1.00 bits per heavy atom. The first-order valence-electron chi connectivity index (χ1n) is 12.4. The van der Waals surface area contributed by atoms with Crippen LogP contribution in [0.1, 0.15) is 6.92 Å². The molecule has 2 aliphatic rings. The SMILES string of the molecule is CC(O)O[C@H](CO)[C@@H](O)[C@H](O)CNC(=O)C1CSSC[C@@H](C(=O)NC2C(O)O[C@H](CO)[C@@H](O)[C@@H]2O)NCCN1. The van der Waals surface area contributed by atoms with E-state index in [1.807, 2.05) is 0 Å². The van der Waals surface area contributed by atoms with Gasteiger partial charge in [0.25, 0.3) is 0 Å². The molecule has 2 amide bonds. The molecule has 2 fully saturated rings. The Morgan fingerprint density at radius 2 is 1.59 bits per heavy atom. The summed E-state index contributed by atoms with van der Waals surface area (Å²) in [4.78, 5) is 25.5. The Balaban J connectivity index is 1.82. The van der Waals surface area contributed by atoms with Gasteiger partial charge in [0.1, 0.15) is 36.6 Å². The molecule has 0 aromatic rings. The molecule has 0 aromatic heterocycles. The Kier molecular flexibility index (Phi) is 15.1. The van der Waals surface area contributed by atoms with Crippen molar-refractivity contribution in [1.29, 1.82) is 0 Å². The molecule has 0 radical (unpaired) electrons. The number of carbonyl (C=O) groups excluding carboxylic acids is 2. The van der Waals surface area contributed by atoms with Crippen molar-refractivity contribution in [2.75, 3.05) is 44.4 Å². The zero-order valence-electron chi connectivity index (χ0n) is 21.3. The summed E-state index contributed by atoms with van der Waals surface area (Å²) >= 11 is 0. The van der Waals surface area contributed by atoms with Gasteiger partial charge >= 0.3 is 0 Å². The molecular formula is C21H40N4O12S2. The Bertz CT molecular complexity index is 748. The number of hydrogen-bond donors (Lipinski definition) is 12. The van der Waals surface area contributed by atoms with E-state index in [-0.39, 0.29) is 25.4 Å². The monoisotopic (exact) mass is 604 g/mol. The van der Waals surface area contributed by atoms with Gasteiger partial charge in [0.2, 0.25) is 11.8 Å². The normalized spacial score (nSPS) is 33.8. The Morgan fingerprint density at radius 3 is 2.13 bits per heavy atom. The molecule has 18 heteroatoms. The predicted octanol–water partition coefficient (Wildman–Crippen LogP) is -6.23. The highest BCUT2D eigenvalue weighted by Crippen LogP contribution is 2.24. The van der Waals surface area contributed by atoms with Crippen LogP contribution in [-0.2, 0) is 19.1 Å². The molecule has 0 aromatic carbocycles. The number of aliphatic hydroxyl groups is 8. The molecular weight excluding hydrogens is 564 g/mol. The van der Waals surface area contributed by atoms with Crippen molar-refractivity contribution in [3.63, 3.8) is 0 Å². The summed E-state index contributed by atoms with van der Waals surface area (Å²) in [5.41, 5.74) is 0.